The molecule has 0 bridgehead atoms. The van der Waals surface area contributed by atoms with Crippen LogP contribution in [0.15, 0.2) is 26.9 Å². The van der Waals surface area contributed by atoms with Gasteiger partial charge in [0.05, 0.1) is 0 Å². The van der Waals surface area contributed by atoms with E-state index in [1.54, 1.807) is 19.9 Å². The Morgan fingerprint density at radius 3 is 2.44 bits per heavy atom. The van der Waals surface area contributed by atoms with E-state index in [2.05, 4.69) is 33.9 Å². The summed E-state index contributed by atoms with van der Waals surface area (Å²) >= 11 is 0. The molecule has 1 N–H and O–H groups in total. The normalized spacial score (nSPS) is 14.3. The van der Waals surface area contributed by atoms with E-state index in [0.717, 1.165) is 12.8 Å². The summed E-state index contributed by atoms with van der Waals surface area (Å²) in [6.07, 6.45) is 3.19. The first-order valence-corrected chi connectivity index (χ1v) is 12.4. The van der Waals surface area contributed by atoms with Crippen molar-refractivity contribution in [3.63, 3.8) is 0 Å². The lowest BCUT2D eigenvalue weighted by Crippen LogP contribution is -2.41. The van der Waals surface area contributed by atoms with Gasteiger partial charge in [-0.25, -0.2) is 4.79 Å². The highest BCUT2D eigenvalue weighted by Gasteiger charge is 2.36. The monoisotopic (exact) mass is 394 g/mol. The molecule has 1 aromatic heterocycles. The molecule has 0 aliphatic heterocycles. The van der Waals surface area contributed by atoms with Gasteiger partial charge in [0.1, 0.15) is 17.1 Å². The Balaban J connectivity index is 2.79. The summed E-state index contributed by atoms with van der Waals surface area (Å²) in [6, 6.07) is 1.39. The highest BCUT2D eigenvalue weighted by molar-refractivity contribution is 6.74. The van der Waals surface area contributed by atoms with Crippen LogP contribution >= 0.6 is 0 Å². The fraction of sp³-hybridized carbons (Fsp3) is 0.619. The number of hydrogen-bond acceptors (Lipinski definition) is 5. The number of Topliss-reactive ketones (excluding diaryl/α,β-unsaturated/α-hetero) is 1. The van der Waals surface area contributed by atoms with E-state index in [4.69, 9.17) is 8.84 Å². The summed E-state index contributed by atoms with van der Waals surface area (Å²) in [7, 11) is -1.76. The summed E-state index contributed by atoms with van der Waals surface area (Å²) in [5.74, 6) is -0.499. The first-order chi connectivity index (χ1) is 12.3. The quantitative estimate of drug-likeness (QED) is 0.276. The van der Waals surface area contributed by atoms with Crippen LogP contribution in [0.2, 0.25) is 18.1 Å². The van der Waals surface area contributed by atoms with Crippen LogP contribution in [0.1, 0.15) is 76.4 Å². The van der Waals surface area contributed by atoms with Crippen molar-refractivity contribution in [1.29, 1.82) is 0 Å². The molecule has 0 amide bonds. The van der Waals surface area contributed by atoms with Crippen molar-refractivity contribution in [1.82, 2.24) is 0 Å². The van der Waals surface area contributed by atoms with E-state index in [0.29, 0.717) is 17.9 Å². The van der Waals surface area contributed by atoms with Gasteiger partial charge in [0.2, 0.25) is 0 Å². The minimum absolute atomic E-state index is 0.0569. The van der Waals surface area contributed by atoms with Crippen molar-refractivity contribution in [2.45, 2.75) is 78.4 Å². The Morgan fingerprint density at radius 2 is 1.96 bits per heavy atom. The largest absolute Gasteiger partial charge is 0.507 e. The van der Waals surface area contributed by atoms with E-state index in [1.807, 2.05) is 6.92 Å². The number of hydrogen-bond donors (Lipinski definition) is 1. The second-order valence-corrected chi connectivity index (χ2v) is 13.5. The molecule has 0 saturated carbocycles. The van der Waals surface area contributed by atoms with Gasteiger partial charge in [0.25, 0.3) is 0 Å². The molecule has 27 heavy (non-hydrogen) atoms. The minimum atomic E-state index is -1.76. The smallest absolute Gasteiger partial charge is 0.351 e. The van der Waals surface area contributed by atoms with Crippen molar-refractivity contribution < 1.29 is 18.7 Å². The van der Waals surface area contributed by atoms with Gasteiger partial charge in [-0.1, -0.05) is 33.8 Å². The second kappa shape index (κ2) is 9.02. The van der Waals surface area contributed by atoms with E-state index < -0.39 is 19.7 Å². The molecular weight excluding hydrogens is 360 g/mol. The summed E-state index contributed by atoms with van der Waals surface area (Å²) in [5, 5.41) is 10.3. The highest BCUT2D eigenvalue weighted by atomic mass is 28.4. The number of aromatic hydroxyl groups is 1. The molecule has 1 rings (SSSR count). The van der Waals surface area contributed by atoms with E-state index in [-0.39, 0.29) is 22.3 Å². The first kappa shape index (κ1) is 23.4. The van der Waals surface area contributed by atoms with Gasteiger partial charge in [-0.05, 0) is 50.4 Å². The fourth-order valence-corrected chi connectivity index (χ4v) is 3.44. The van der Waals surface area contributed by atoms with Crippen LogP contribution in [0.25, 0.3) is 0 Å². The number of rotatable bonds is 8. The van der Waals surface area contributed by atoms with Crippen LogP contribution in [-0.4, -0.2) is 25.8 Å². The van der Waals surface area contributed by atoms with Crippen LogP contribution in [0.5, 0.6) is 5.75 Å². The molecule has 5 nitrogen and oxygen atoms in total. The van der Waals surface area contributed by atoms with Crippen LogP contribution in [0.4, 0.5) is 0 Å². The maximum absolute atomic E-state index is 12.2. The van der Waals surface area contributed by atoms with E-state index in [9.17, 15) is 14.7 Å². The Hall–Kier alpha value is -1.66. The molecule has 0 aromatic carbocycles. The number of carbonyl (C=O) groups excluding carboxylic acids is 1. The maximum Gasteiger partial charge on any atom is 0.351 e. The van der Waals surface area contributed by atoms with Crippen LogP contribution in [0, 0.1) is 0 Å². The molecule has 0 fully saturated rings. The topological polar surface area (TPSA) is 76.7 Å². The third kappa shape index (κ3) is 5.91. The zero-order chi connectivity index (χ0) is 21.0. The van der Waals surface area contributed by atoms with Crippen LogP contribution < -0.4 is 5.63 Å². The van der Waals surface area contributed by atoms with E-state index in [1.165, 1.54) is 6.07 Å². The molecule has 1 unspecified atom stereocenters. The van der Waals surface area contributed by atoms with Crippen molar-refractivity contribution in [2.24, 2.45) is 0 Å². The SMILES string of the molecule is CC=C(C)C(=O)c1c(O)cc(C(C)CCCO[Si](C)(C)C(C)(C)C)oc1=O. The second-order valence-electron chi connectivity index (χ2n) is 8.65. The summed E-state index contributed by atoms with van der Waals surface area (Å²) < 4.78 is 11.5. The molecule has 152 valence electrons. The van der Waals surface area contributed by atoms with Gasteiger partial charge in [-0.15, -0.1) is 0 Å². The third-order valence-electron chi connectivity index (χ3n) is 5.50. The number of carbonyl (C=O) groups is 1. The average molecular weight is 395 g/mol. The molecule has 0 aliphatic carbocycles. The molecule has 1 atom stereocenters. The summed E-state index contributed by atoms with van der Waals surface area (Å²) in [6.45, 7) is 16.9. The van der Waals surface area contributed by atoms with Gasteiger partial charge >= 0.3 is 5.63 Å². The van der Waals surface area contributed by atoms with Crippen molar-refractivity contribution in [3.8, 4) is 5.75 Å². The van der Waals surface area contributed by atoms with Gasteiger partial charge in [0, 0.05) is 18.6 Å². The zero-order valence-corrected chi connectivity index (χ0v) is 18.9. The lowest BCUT2D eigenvalue weighted by atomic mass is 10.00. The third-order valence-corrected chi connectivity index (χ3v) is 10.0. The predicted octanol–water partition coefficient (Wildman–Crippen LogP) is 5.40. The molecule has 6 heteroatoms. The van der Waals surface area contributed by atoms with Crippen molar-refractivity contribution >= 4 is 14.1 Å². The van der Waals surface area contributed by atoms with Gasteiger partial charge in [0.15, 0.2) is 14.1 Å². The van der Waals surface area contributed by atoms with Crippen LogP contribution in [0.3, 0.4) is 0 Å². The molecular formula is C21H34O5Si. The number of allylic oxidation sites excluding steroid dienone is 2. The van der Waals surface area contributed by atoms with Gasteiger partial charge in [-0.2, -0.15) is 0 Å². The Morgan fingerprint density at radius 1 is 1.37 bits per heavy atom. The lowest BCUT2D eigenvalue weighted by molar-refractivity contribution is 0.102. The predicted molar refractivity (Wildman–Crippen MR) is 111 cm³/mol. The Labute approximate surface area is 163 Å². The van der Waals surface area contributed by atoms with Crippen molar-refractivity contribution in [3.05, 3.63) is 39.5 Å². The highest BCUT2D eigenvalue weighted by Crippen LogP contribution is 2.36. The van der Waals surface area contributed by atoms with Gasteiger partial charge in [-0.3, -0.25) is 4.79 Å². The van der Waals surface area contributed by atoms with Gasteiger partial charge < -0.3 is 13.9 Å². The fourth-order valence-electron chi connectivity index (χ4n) is 2.35. The summed E-state index contributed by atoms with van der Waals surface area (Å²) in [4.78, 5) is 24.4. The first-order valence-electron chi connectivity index (χ1n) is 9.50. The Bertz CT molecular complexity index is 753. The zero-order valence-electron chi connectivity index (χ0n) is 17.9. The standard InChI is InChI=1S/C21H34O5Si/c1-9-14(2)19(23)18-16(22)13-17(26-20(18)24)15(3)11-10-12-25-27(7,8)21(4,5)6/h9,13,15,22H,10-12H2,1-8H3. The summed E-state index contributed by atoms with van der Waals surface area (Å²) in [5.41, 5.74) is -0.704. The van der Waals surface area contributed by atoms with Crippen molar-refractivity contribution in [2.75, 3.05) is 6.61 Å². The molecule has 0 spiro atoms. The Kier molecular flexibility index (Phi) is 7.81. The molecule has 0 radical (unpaired) electrons. The van der Waals surface area contributed by atoms with E-state index >= 15 is 0 Å². The average Bonchev–Trinajstić information content (AvgIpc) is 2.55. The molecule has 0 saturated heterocycles. The molecule has 0 aliphatic rings. The molecule has 1 heterocycles. The number of ketones is 1. The molecule has 1 aromatic rings. The minimum Gasteiger partial charge on any atom is -0.507 e. The lowest BCUT2D eigenvalue weighted by Gasteiger charge is -2.36. The maximum atomic E-state index is 12.2. The van der Waals surface area contributed by atoms with Crippen LogP contribution in [-0.2, 0) is 4.43 Å².